The molecule has 0 spiro atoms. The summed E-state index contributed by atoms with van der Waals surface area (Å²) in [6.45, 7) is 0. The molecule has 1 aromatic rings. The zero-order valence-corrected chi connectivity index (χ0v) is 11.2. The van der Waals surface area contributed by atoms with E-state index in [-0.39, 0.29) is 0 Å². The summed E-state index contributed by atoms with van der Waals surface area (Å²) in [6, 6.07) is 8.09. The maximum atomic E-state index is 5.29. The standard InChI is InChI=1S/C12H12N2OS2/c1-14(2)9-5-3-8(4-6-9)7-10-11(16)13-12(17)15-10/h3-7H,1-2H3,(H,13,16,17)/b10-7-. The van der Waals surface area contributed by atoms with Crippen molar-refractivity contribution < 1.29 is 4.74 Å². The van der Waals surface area contributed by atoms with E-state index in [4.69, 9.17) is 29.2 Å². The third kappa shape index (κ3) is 2.81. The zero-order chi connectivity index (χ0) is 12.4. The lowest BCUT2D eigenvalue weighted by atomic mass is 10.2. The van der Waals surface area contributed by atoms with Crippen LogP contribution in [-0.2, 0) is 4.74 Å². The SMILES string of the molecule is CN(C)c1ccc(/C=C2\OC(=S)NC2=S)cc1. The summed E-state index contributed by atoms with van der Waals surface area (Å²) in [4.78, 5) is 2.58. The quantitative estimate of drug-likeness (QED) is 0.653. The van der Waals surface area contributed by atoms with Crippen LogP contribution in [0.25, 0.3) is 6.08 Å². The normalized spacial score (nSPS) is 16.9. The molecule has 1 fully saturated rings. The highest BCUT2D eigenvalue weighted by Crippen LogP contribution is 2.17. The van der Waals surface area contributed by atoms with Crippen LogP contribution in [-0.4, -0.2) is 24.3 Å². The number of nitrogens with zero attached hydrogens (tertiary/aromatic N) is 1. The Kier molecular flexibility index (Phi) is 3.40. The molecule has 1 aliphatic heterocycles. The molecule has 1 saturated heterocycles. The van der Waals surface area contributed by atoms with Crippen molar-refractivity contribution in [2.45, 2.75) is 0 Å². The predicted molar refractivity (Wildman–Crippen MR) is 78.2 cm³/mol. The largest absolute Gasteiger partial charge is 0.428 e. The predicted octanol–water partition coefficient (Wildman–Crippen LogP) is 2.33. The van der Waals surface area contributed by atoms with Gasteiger partial charge in [-0.1, -0.05) is 24.4 Å². The lowest BCUT2D eigenvalue weighted by molar-refractivity contribution is 0.471. The van der Waals surface area contributed by atoms with Gasteiger partial charge in [0.25, 0.3) is 5.17 Å². The summed E-state index contributed by atoms with van der Waals surface area (Å²) >= 11 is 9.96. The minimum atomic E-state index is 0.311. The summed E-state index contributed by atoms with van der Waals surface area (Å²) in [5.41, 5.74) is 2.18. The van der Waals surface area contributed by atoms with E-state index in [1.807, 2.05) is 49.3 Å². The molecule has 1 aliphatic rings. The van der Waals surface area contributed by atoms with Crippen LogP contribution in [0, 0.1) is 0 Å². The lowest BCUT2D eigenvalue weighted by Crippen LogP contribution is -2.16. The van der Waals surface area contributed by atoms with Crippen LogP contribution < -0.4 is 10.2 Å². The highest BCUT2D eigenvalue weighted by molar-refractivity contribution is 7.82. The minimum Gasteiger partial charge on any atom is -0.428 e. The lowest BCUT2D eigenvalue weighted by Gasteiger charge is -2.11. The van der Waals surface area contributed by atoms with Crippen molar-refractivity contribution in [2.75, 3.05) is 19.0 Å². The number of benzene rings is 1. The molecule has 3 nitrogen and oxygen atoms in total. The van der Waals surface area contributed by atoms with Gasteiger partial charge in [0.05, 0.1) is 0 Å². The molecule has 0 atom stereocenters. The van der Waals surface area contributed by atoms with Crippen LogP contribution in [0.4, 0.5) is 5.69 Å². The fourth-order valence-corrected chi connectivity index (χ4v) is 1.89. The van der Waals surface area contributed by atoms with Crippen molar-refractivity contribution in [1.82, 2.24) is 5.32 Å². The Bertz CT molecular complexity index is 492. The van der Waals surface area contributed by atoms with Gasteiger partial charge in [0.1, 0.15) is 4.99 Å². The molecule has 0 bridgehead atoms. The van der Waals surface area contributed by atoms with E-state index in [0.29, 0.717) is 15.9 Å². The van der Waals surface area contributed by atoms with Crippen LogP contribution >= 0.6 is 24.4 Å². The van der Waals surface area contributed by atoms with Gasteiger partial charge in [-0.25, -0.2) is 0 Å². The molecule has 1 aromatic carbocycles. The van der Waals surface area contributed by atoms with Crippen LogP contribution in [0.5, 0.6) is 0 Å². The van der Waals surface area contributed by atoms with Crippen molar-refractivity contribution in [3.63, 3.8) is 0 Å². The Labute approximate surface area is 111 Å². The van der Waals surface area contributed by atoms with Gasteiger partial charge >= 0.3 is 0 Å². The fourth-order valence-electron chi connectivity index (χ4n) is 1.44. The molecule has 0 unspecified atom stereocenters. The number of anilines is 1. The molecule has 88 valence electrons. The monoisotopic (exact) mass is 264 g/mol. The van der Waals surface area contributed by atoms with Crippen molar-refractivity contribution in [3.8, 4) is 0 Å². The zero-order valence-electron chi connectivity index (χ0n) is 9.56. The molecule has 0 aromatic heterocycles. The van der Waals surface area contributed by atoms with E-state index < -0.39 is 0 Å². The smallest absolute Gasteiger partial charge is 0.267 e. The average Bonchev–Trinajstić information content (AvgIpc) is 2.58. The number of thiocarbonyl (C=S) groups is 2. The number of hydrogen-bond acceptors (Lipinski definition) is 4. The molecular formula is C12H12N2OS2. The minimum absolute atomic E-state index is 0.311. The van der Waals surface area contributed by atoms with E-state index in [1.165, 1.54) is 0 Å². The number of rotatable bonds is 2. The van der Waals surface area contributed by atoms with E-state index in [2.05, 4.69) is 5.32 Å². The van der Waals surface area contributed by atoms with Crippen molar-refractivity contribution in [1.29, 1.82) is 0 Å². The molecule has 1 N–H and O–H groups in total. The summed E-state index contributed by atoms with van der Waals surface area (Å²) in [5.74, 6) is 0.600. The third-order valence-corrected chi connectivity index (χ3v) is 2.84. The Morgan fingerprint density at radius 3 is 2.29 bits per heavy atom. The van der Waals surface area contributed by atoms with Gasteiger partial charge in [0.15, 0.2) is 5.76 Å². The molecule has 2 rings (SSSR count). The number of nitrogens with one attached hydrogen (secondary N) is 1. The topological polar surface area (TPSA) is 24.5 Å². The molecule has 0 amide bonds. The second-order valence-corrected chi connectivity index (χ2v) is 4.62. The Balaban J connectivity index is 2.21. The second kappa shape index (κ2) is 4.81. The fraction of sp³-hybridized carbons (Fsp3) is 0.167. The maximum absolute atomic E-state index is 5.29. The highest BCUT2D eigenvalue weighted by Gasteiger charge is 2.18. The Hall–Kier alpha value is -1.46. The van der Waals surface area contributed by atoms with E-state index in [9.17, 15) is 0 Å². The second-order valence-electron chi connectivity index (χ2n) is 3.84. The number of hydrogen-bond donors (Lipinski definition) is 1. The summed E-state index contributed by atoms with van der Waals surface area (Å²) in [6.07, 6.45) is 1.87. The molecule has 0 saturated carbocycles. The Morgan fingerprint density at radius 2 is 1.82 bits per heavy atom. The average molecular weight is 264 g/mol. The van der Waals surface area contributed by atoms with Gasteiger partial charge in [-0.2, -0.15) is 0 Å². The van der Waals surface area contributed by atoms with Crippen molar-refractivity contribution in [3.05, 3.63) is 35.6 Å². The van der Waals surface area contributed by atoms with Gasteiger partial charge in [-0.3, -0.25) is 0 Å². The van der Waals surface area contributed by atoms with Gasteiger partial charge in [0.2, 0.25) is 0 Å². The summed E-state index contributed by atoms with van der Waals surface area (Å²) in [5, 5.41) is 3.09. The third-order valence-electron chi connectivity index (χ3n) is 2.35. The summed E-state index contributed by atoms with van der Waals surface area (Å²) < 4.78 is 5.29. The van der Waals surface area contributed by atoms with Crippen LogP contribution in [0.3, 0.4) is 0 Å². The first kappa shape index (κ1) is 12.0. The van der Waals surface area contributed by atoms with Gasteiger partial charge in [-0.05, 0) is 36.0 Å². The van der Waals surface area contributed by atoms with E-state index >= 15 is 0 Å². The summed E-state index contributed by atoms with van der Waals surface area (Å²) in [7, 11) is 4.01. The first-order chi connectivity index (χ1) is 8.06. The molecule has 5 heteroatoms. The van der Waals surface area contributed by atoms with Crippen molar-refractivity contribution >= 4 is 46.4 Å². The molecule has 17 heavy (non-hydrogen) atoms. The van der Waals surface area contributed by atoms with E-state index in [1.54, 1.807) is 0 Å². The first-order valence-corrected chi connectivity index (χ1v) is 5.90. The van der Waals surface area contributed by atoms with Gasteiger partial charge in [-0.15, -0.1) is 0 Å². The molecule has 0 radical (unpaired) electrons. The molecule has 0 aliphatic carbocycles. The van der Waals surface area contributed by atoms with Gasteiger partial charge in [0, 0.05) is 19.8 Å². The molecule has 1 heterocycles. The van der Waals surface area contributed by atoms with E-state index in [0.717, 1.165) is 11.3 Å². The van der Waals surface area contributed by atoms with Crippen molar-refractivity contribution in [2.24, 2.45) is 0 Å². The van der Waals surface area contributed by atoms with Crippen LogP contribution in [0.1, 0.15) is 5.56 Å². The number of ether oxygens (including phenoxy) is 1. The Morgan fingerprint density at radius 1 is 1.18 bits per heavy atom. The van der Waals surface area contributed by atoms with Crippen LogP contribution in [0.2, 0.25) is 0 Å². The first-order valence-electron chi connectivity index (χ1n) is 5.08. The molecular weight excluding hydrogens is 252 g/mol. The van der Waals surface area contributed by atoms with Crippen LogP contribution in [0.15, 0.2) is 30.0 Å². The van der Waals surface area contributed by atoms with Gasteiger partial charge < -0.3 is 15.0 Å². The highest BCUT2D eigenvalue weighted by atomic mass is 32.1. The maximum Gasteiger partial charge on any atom is 0.267 e.